The third-order valence-corrected chi connectivity index (χ3v) is 5.48. The van der Waals surface area contributed by atoms with Crippen LogP contribution in [0.2, 0.25) is 5.02 Å². The fraction of sp³-hybridized carbons (Fsp3) is 0.148. The molecule has 0 saturated carbocycles. The number of nitrogens with two attached hydrogens (primary N) is 1. The Kier molecular flexibility index (Phi) is 9.03. The topological polar surface area (TPSA) is 110 Å². The molecule has 3 aromatic carbocycles. The van der Waals surface area contributed by atoms with Crippen molar-refractivity contribution in [3.05, 3.63) is 100 Å². The van der Waals surface area contributed by atoms with Gasteiger partial charge in [-0.2, -0.15) is 0 Å². The molecule has 180 valence electrons. The average molecular weight is 491 g/mol. The van der Waals surface area contributed by atoms with Gasteiger partial charge >= 0.3 is 0 Å². The Labute approximate surface area is 209 Å². The number of aryl methyl sites for hydroxylation is 2. The number of rotatable bonds is 7. The Hall–Kier alpha value is -4.10. The molecule has 0 bridgehead atoms. The molecule has 0 unspecified atom stereocenters. The van der Waals surface area contributed by atoms with Gasteiger partial charge < -0.3 is 15.5 Å². The Bertz CT molecular complexity index is 1320. The van der Waals surface area contributed by atoms with Crippen LogP contribution in [0.3, 0.4) is 0 Å². The minimum absolute atomic E-state index is 0.279. The number of methoxy groups -OCH3 is 1. The van der Waals surface area contributed by atoms with Crippen molar-refractivity contribution in [2.45, 2.75) is 19.8 Å². The van der Waals surface area contributed by atoms with Gasteiger partial charge in [0.15, 0.2) is 0 Å². The van der Waals surface area contributed by atoms with Crippen molar-refractivity contribution in [2.24, 2.45) is 5.73 Å². The monoisotopic (exact) mass is 490 g/mol. The number of hydrogen-bond acceptors (Lipinski definition) is 5. The molecule has 0 fully saturated rings. The van der Waals surface area contributed by atoms with Crippen LogP contribution < -0.4 is 11.1 Å². The van der Waals surface area contributed by atoms with Crippen molar-refractivity contribution in [3.63, 3.8) is 0 Å². The second kappa shape index (κ2) is 12.4. The van der Waals surface area contributed by atoms with Crippen LogP contribution in [0.1, 0.15) is 23.1 Å². The summed E-state index contributed by atoms with van der Waals surface area (Å²) in [6.45, 7) is 2.43. The maximum Gasteiger partial charge on any atom is 0.292 e. The van der Waals surface area contributed by atoms with Crippen LogP contribution in [-0.2, 0) is 20.7 Å². The molecule has 8 heteroatoms. The fourth-order valence-electron chi connectivity index (χ4n) is 3.41. The highest BCUT2D eigenvalue weighted by molar-refractivity contribution is 6.31. The molecule has 35 heavy (non-hydrogen) atoms. The molecule has 0 atom stereocenters. The van der Waals surface area contributed by atoms with E-state index in [1.807, 2.05) is 30.3 Å². The van der Waals surface area contributed by atoms with E-state index in [0.717, 1.165) is 22.2 Å². The SMILES string of the molecule is COC=O.Cc1ccc(CC/C(C(=O)Nc2nc3ccc(Cl)cc3[nH]2)=C(/N)c2ccccc2)cc1. The van der Waals surface area contributed by atoms with E-state index in [1.165, 1.54) is 12.7 Å². The number of amides is 1. The van der Waals surface area contributed by atoms with Crippen LogP contribution in [0.5, 0.6) is 0 Å². The van der Waals surface area contributed by atoms with Gasteiger partial charge in [-0.1, -0.05) is 71.8 Å². The number of benzene rings is 3. The van der Waals surface area contributed by atoms with E-state index >= 15 is 0 Å². The van der Waals surface area contributed by atoms with Crippen molar-refractivity contribution < 1.29 is 14.3 Å². The van der Waals surface area contributed by atoms with Gasteiger partial charge in [-0.05, 0) is 49.1 Å². The molecule has 4 aromatic rings. The zero-order chi connectivity index (χ0) is 25.2. The quantitative estimate of drug-likeness (QED) is 0.242. The molecule has 0 aliphatic carbocycles. The normalized spacial score (nSPS) is 11.2. The lowest BCUT2D eigenvalue weighted by Gasteiger charge is -2.12. The zero-order valence-corrected chi connectivity index (χ0v) is 20.3. The van der Waals surface area contributed by atoms with Crippen molar-refractivity contribution in [3.8, 4) is 0 Å². The van der Waals surface area contributed by atoms with Gasteiger partial charge in [0.2, 0.25) is 5.95 Å². The van der Waals surface area contributed by atoms with E-state index in [9.17, 15) is 4.79 Å². The number of fused-ring (bicyclic) bond motifs is 1. The first-order valence-corrected chi connectivity index (χ1v) is 11.3. The van der Waals surface area contributed by atoms with Crippen LogP contribution in [0.15, 0.2) is 78.4 Å². The summed E-state index contributed by atoms with van der Waals surface area (Å²) in [6.07, 6.45) is 1.20. The summed E-state index contributed by atoms with van der Waals surface area (Å²) in [5.41, 5.74) is 12.1. The minimum Gasteiger partial charge on any atom is -0.471 e. The molecule has 1 amide bonds. The highest BCUT2D eigenvalue weighted by atomic mass is 35.5. The Morgan fingerprint density at radius 3 is 2.46 bits per heavy atom. The number of aromatic amines is 1. The summed E-state index contributed by atoms with van der Waals surface area (Å²) in [5, 5.41) is 3.46. The average Bonchev–Trinajstić information content (AvgIpc) is 3.27. The Morgan fingerprint density at radius 1 is 1.11 bits per heavy atom. The summed E-state index contributed by atoms with van der Waals surface area (Å²) in [4.78, 5) is 29.7. The van der Waals surface area contributed by atoms with E-state index in [0.29, 0.717) is 41.6 Å². The highest BCUT2D eigenvalue weighted by Gasteiger charge is 2.17. The van der Waals surface area contributed by atoms with Crippen molar-refractivity contribution >= 4 is 46.7 Å². The van der Waals surface area contributed by atoms with Crippen molar-refractivity contribution in [1.82, 2.24) is 9.97 Å². The maximum atomic E-state index is 13.2. The number of carbonyl (C=O) groups is 2. The number of H-pyrrole nitrogens is 1. The summed E-state index contributed by atoms with van der Waals surface area (Å²) in [5.74, 6) is 0.0783. The van der Waals surface area contributed by atoms with Crippen LogP contribution in [0, 0.1) is 6.92 Å². The largest absolute Gasteiger partial charge is 0.471 e. The molecular formula is C27H27ClN4O3. The summed E-state index contributed by atoms with van der Waals surface area (Å²) < 4.78 is 3.86. The number of carbonyl (C=O) groups excluding carboxylic acids is 2. The van der Waals surface area contributed by atoms with Crippen molar-refractivity contribution in [2.75, 3.05) is 12.4 Å². The van der Waals surface area contributed by atoms with Gasteiger partial charge in [0.25, 0.3) is 12.4 Å². The lowest BCUT2D eigenvalue weighted by Crippen LogP contribution is -2.19. The van der Waals surface area contributed by atoms with Gasteiger partial charge in [-0.25, -0.2) is 4.98 Å². The molecule has 1 heterocycles. The van der Waals surface area contributed by atoms with Gasteiger partial charge in [0, 0.05) is 16.3 Å². The first kappa shape index (κ1) is 25.5. The fourth-order valence-corrected chi connectivity index (χ4v) is 3.58. The lowest BCUT2D eigenvalue weighted by atomic mass is 9.98. The molecule has 0 radical (unpaired) electrons. The van der Waals surface area contributed by atoms with E-state index in [1.54, 1.807) is 18.2 Å². The smallest absolute Gasteiger partial charge is 0.292 e. The number of aromatic nitrogens is 2. The number of anilines is 1. The summed E-state index contributed by atoms with van der Waals surface area (Å²) in [7, 11) is 1.31. The summed E-state index contributed by atoms with van der Waals surface area (Å²) >= 11 is 6.04. The second-order valence-corrected chi connectivity index (χ2v) is 8.21. The number of halogens is 1. The molecule has 0 aliphatic rings. The first-order chi connectivity index (χ1) is 16.9. The third-order valence-electron chi connectivity index (χ3n) is 5.24. The Morgan fingerprint density at radius 2 is 1.80 bits per heavy atom. The molecule has 0 spiro atoms. The standard InChI is InChI=1S/C25H23ClN4O.C2H4O2/c1-16-7-9-17(10-8-16)11-13-20(23(27)18-5-3-2-4-6-18)24(31)30-25-28-21-14-12-19(26)15-22(21)29-25;1-4-2-3/h2-10,12,14-15H,11,13,27H2,1H3,(H2,28,29,30,31);2H,1H3/b23-20-;. The molecular weight excluding hydrogens is 464 g/mol. The third kappa shape index (κ3) is 7.19. The number of hydrogen-bond donors (Lipinski definition) is 3. The van der Waals surface area contributed by atoms with Gasteiger partial charge in [-0.3, -0.25) is 14.9 Å². The zero-order valence-electron chi connectivity index (χ0n) is 19.5. The van der Waals surface area contributed by atoms with Gasteiger partial charge in [0.1, 0.15) is 0 Å². The number of ether oxygens (including phenoxy) is 1. The van der Waals surface area contributed by atoms with E-state index < -0.39 is 0 Å². The number of nitrogens with one attached hydrogen (secondary N) is 2. The Balaban J connectivity index is 0.000000795. The molecule has 4 rings (SSSR count). The molecule has 1 aromatic heterocycles. The maximum absolute atomic E-state index is 13.2. The minimum atomic E-state index is -0.279. The number of imidazole rings is 1. The first-order valence-electron chi connectivity index (χ1n) is 10.9. The van der Waals surface area contributed by atoms with Crippen LogP contribution in [-0.4, -0.2) is 29.5 Å². The van der Waals surface area contributed by atoms with Crippen molar-refractivity contribution in [1.29, 1.82) is 0 Å². The van der Waals surface area contributed by atoms with E-state index in [4.69, 9.17) is 22.1 Å². The predicted molar refractivity (Wildman–Crippen MR) is 140 cm³/mol. The second-order valence-electron chi connectivity index (χ2n) is 7.78. The molecule has 0 saturated heterocycles. The molecule has 0 aliphatic heterocycles. The lowest BCUT2D eigenvalue weighted by molar-refractivity contribution is -0.126. The summed E-state index contributed by atoms with van der Waals surface area (Å²) in [6, 6.07) is 23.1. The van der Waals surface area contributed by atoms with Crippen LogP contribution in [0.4, 0.5) is 5.95 Å². The van der Waals surface area contributed by atoms with Crippen LogP contribution >= 0.6 is 11.6 Å². The predicted octanol–water partition coefficient (Wildman–Crippen LogP) is 5.26. The van der Waals surface area contributed by atoms with Crippen LogP contribution in [0.25, 0.3) is 16.7 Å². The van der Waals surface area contributed by atoms with Gasteiger partial charge in [0.05, 0.1) is 18.1 Å². The van der Waals surface area contributed by atoms with E-state index in [2.05, 4.69) is 51.2 Å². The highest BCUT2D eigenvalue weighted by Crippen LogP contribution is 2.22. The van der Waals surface area contributed by atoms with E-state index in [-0.39, 0.29) is 5.91 Å². The molecule has 4 N–H and O–H groups in total. The number of nitrogens with zero attached hydrogens (tertiary/aromatic N) is 1. The van der Waals surface area contributed by atoms with Gasteiger partial charge in [-0.15, -0.1) is 0 Å². The molecule has 7 nitrogen and oxygen atoms in total.